The first-order chi connectivity index (χ1) is 8.50. The first kappa shape index (κ1) is 13.2. The first-order valence-corrected chi connectivity index (χ1v) is 8.23. The SMILES string of the molecule is CS(=O)(=O)c1cccc(N2CCCCCC2)c1N. The molecule has 0 bridgehead atoms. The van der Waals surface area contributed by atoms with Crippen LogP contribution >= 0.6 is 0 Å². The fourth-order valence-corrected chi connectivity index (χ4v) is 3.27. The van der Waals surface area contributed by atoms with E-state index in [1.165, 1.54) is 19.1 Å². The van der Waals surface area contributed by atoms with Crippen molar-refractivity contribution in [2.24, 2.45) is 0 Å². The van der Waals surface area contributed by atoms with Crippen LogP contribution < -0.4 is 10.6 Å². The molecule has 0 aliphatic carbocycles. The van der Waals surface area contributed by atoms with Gasteiger partial charge in [-0.3, -0.25) is 0 Å². The van der Waals surface area contributed by atoms with Crippen LogP contribution in [-0.4, -0.2) is 27.8 Å². The van der Waals surface area contributed by atoms with E-state index < -0.39 is 9.84 Å². The van der Waals surface area contributed by atoms with E-state index in [1.807, 2.05) is 6.07 Å². The zero-order valence-corrected chi connectivity index (χ0v) is 11.5. The second kappa shape index (κ2) is 5.18. The van der Waals surface area contributed by atoms with Crippen LogP contribution in [0.4, 0.5) is 11.4 Å². The number of nitrogens with zero attached hydrogens (tertiary/aromatic N) is 1. The van der Waals surface area contributed by atoms with Gasteiger partial charge in [-0.05, 0) is 25.0 Å². The summed E-state index contributed by atoms with van der Waals surface area (Å²) in [6.07, 6.45) is 5.96. The molecule has 1 aromatic carbocycles. The summed E-state index contributed by atoms with van der Waals surface area (Å²) in [5.41, 5.74) is 7.28. The smallest absolute Gasteiger partial charge is 0.177 e. The summed E-state index contributed by atoms with van der Waals surface area (Å²) in [5.74, 6) is 0. The van der Waals surface area contributed by atoms with Crippen molar-refractivity contribution in [3.05, 3.63) is 18.2 Å². The number of hydrogen-bond acceptors (Lipinski definition) is 4. The first-order valence-electron chi connectivity index (χ1n) is 6.33. The number of sulfone groups is 1. The largest absolute Gasteiger partial charge is 0.396 e. The Labute approximate surface area is 109 Å². The molecule has 1 fully saturated rings. The average Bonchev–Trinajstić information content (AvgIpc) is 2.56. The van der Waals surface area contributed by atoms with E-state index in [0.717, 1.165) is 31.6 Å². The highest BCUT2D eigenvalue weighted by atomic mass is 32.2. The van der Waals surface area contributed by atoms with Crippen LogP contribution in [0, 0.1) is 0 Å². The lowest BCUT2D eigenvalue weighted by Gasteiger charge is -2.25. The van der Waals surface area contributed by atoms with Gasteiger partial charge < -0.3 is 10.6 Å². The molecule has 0 radical (unpaired) electrons. The Hall–Kier alpha value is -1.23. The Kier molecular flexibility index (Phi) is 3.80. The average molecular weight is 268 g/mol. The minimum atomic E-state index is -3.26. The van der Waals surface area contributed by atoms with E-state index in [2.05, 4.69) is 4.90 Å². The van der Waals surface area contributed by atoms with Crippen molar-refractivity contribution < 1.29 is 8.42 Å². The predicted molar refractivity (Wildman–Crippen MR) is 74.6 cm³/mol. The Morgan fingerprint density at radius 1 is 1.11 bits per heavy atom. The number of para-hydroxylation sites is 1. The zero-order valence-electron chi connectivity index (χ0n) is 10.7. The van der Waals surface area contributed by atoms with Crippen LogP contribution in [0.25, 0.3) is 0 Å². The lowest BCUT2D eigenvalue weighted by Crippen LogP contribution is -2.25. The Bertz CT molecular complexity index is 518. The summed E-state index contributed by atoms with van der Waals surface area (Å²) < 4.78 is 23.3. The molecule has 1 aliphatic heterocycles. The molecule has 1 aromatic rings. The molecule has 0 unspecified atom stereocenters. The van der Waals surface area contributed by atoms with Crippen molar-refractivity contribution in [1.29, 1.82) is 0 Å². The lowest BCUT2D eigenvalue weighted by atomic mass is 10.2. The number of nitrogens with two attached hydrogens (primary N) is 1. The van der Waals surface area contributed by atoms with Crippen molar-refractivity contribution in [2.45, 2.75) is 30.6 Å². The molecule has 0 saturated carbocycles. The van der Waals surface area contributed by atoms with Gasteiger partial charge in [0, 0.05) is 19.3 Å². The van der Waals surface area contributed by atoms with Crippen LogP contribution in [0.2, 0.25) is 0 Å². The van der Waals surface area contributed by atoms with E-state index in [1.54, 1.807) is 12.1 Å². The van der Waals surface area contributed by atoms with E-state index in [0.29, 0.717) is 5.69 Å². The number of rotatable bonds is 2. The van der Waals surface area contributed by atoms with Gasteiger partial charge in [-0.25, -0.2) is 8.42 Å². The van der Waals surface area contributed by atoms with Crippen molar-refractivity contribution in [1.82, 2.24) is 0 Å². The second-order valence-electron chi connectivity index (χ2n) is 4.86. The summed E-state index contributed by atoms with van der Waals surface area (Å²) >= 11 is 0. The van der Waals surface area contributed by atoms with Gasteiger partial charge in [-0.1, -0.05) is 18.9 Å². The van der Waals surface area contributed by atoms with E-state index in [9.17, 15) is 8.42 Å². The molecule has 5 heteroatoms. The fraction of sp³-hybridized carbons (Fsp3) is 0.538. The molecule has 2 rings (SSSR count). The van der Waals surface area contributed by atoms with Crippen LogP contribution in [0.3, 0.4) is 0 Å². The van der Waals surface area contributed by atoms with Gasteiger partial charge in [-0.15, -0.1) is 0 Å². The van der Waals surface area contributed by atoms with Crippen molar-refractivity contribution >= 4 is 21.2 Å². The van der Waals surface area contributed by atoms with Crippen molar-refractivity contribution in [3.8, 4) is 0 Å². The highest BCUT2D eigenvalue weighted by molar-refractivity contribution is 7.90. The quantitative estimate of drug-likeness (QED) is 0.834. The summed E-state index contributed by atoms with van der Waals surface area (Å²) in [6, 6.07) is 5.26. The van der Waals surface area contributed by atoms with Crippen molar-refractivity contribution in [3.63, 3.8) is 0 Å². The number of anilines is 2. The molecular formula is C13H20N2O2S. The molecule has 1 aliphatic rings. The minimum Gasteiger partial charge on any atom is -0.396 e. The molecule has 0 amide bonds. The lowest BCUT2D eigenvalue weighted by molar-refractivity contribution is 0.602. The maximum absolute atomic E-state index is 11.7. The second-order valence-corrected chi connectivity index (χ2v) is 6.85. The van der Waals surface area contributed by atoms with E-state index in [-0.39, 0.29) is 4.90 Å². The molecule has 100 valence electrons. The molecule has 1 heterocycles. The third-order valence-electron chi connectivity index (χ3n) is 3.39. The number of nitrogen functional groups attached to an aromatic ring is 1. The van der Waals surface area contributed by atoms with Crippen molar-refractivity contribution in [2.75, 3.05) is 30.0 Å². The van der Waals surface area contributed by atoms with Gasteiger partial charge in [0.05, 0.1) is 16.3 Å². The van der Waals surface area contributed by atoms with Gasteiger partial charge in [-0.2, -0.15) is 0 Å². The molecular weight excluding hydrogens is 248 g/mol. The Morgan fingerprint density at radius 2 is 1.72 bits per heavy atom. The Balaban J connectivity index is 2.39. The molecule has 0 aromatic heterocycles. The van der Waals surface area contributed by atoms with Crippen LogP contribution in [0.5, 0.6) is 0 Å². The molecule has 4 nitrogen and oxygen atoms in total. The molecule has 18 heavy (non-hydrogen) atoms. The highest BCUT2D eigenvalue weighted by Crippen LogP contribution is 2.31. The molecule has 2 N–H and O–H groups in total. The van der Waals surface area contributed by atoms with Gasteiger partial charge in [0.1, 0.15) is 0 Å². The van der Waals surface area contributed by atoms with Crippen LogP contribution in [-0.2, 0) is 9.84 Å². The highest BCUT2D eigenvalue weighted by Gasteiger charge is 2.18. The maximum atomic E-state index is 11.7. The van der Waals surface area contributed by atoms with E-state index >= 15 is 0 Å². The van der Waals surface area contributed by atoms with Crippen LogP contribution in [0.15, 0.2) is 23.1 Å². The monoisotopic (exact) mass is 268 g/mol. The molecule has 1 saturated heterocycles. The van der Waals surface area contributed by atoms with Gasteiger partial charge >= 0.3 is 0 Å². The Morgan fingerprint density at radius 3 is 2.28 bits per heavy atom. The summed E-state index contributed by atoms with van der Waals surface area (Å²) in [6.45, 7) is 1.91. The van der Waals surface area contributed by atoms with Gasteiger partial charge in [0.2, 0.25) is 0 Å². The number of hydrogen-bond donors (Lipinski definition) is 1. The standard InChI is InChI=1S/C13H20N2O2S/c1-18(16,17)12-8-6-7-11(13(12)14)15-9-4-2-3-5-10-15/h6-8H,2-5,9-10,14H2,1H3. The summed E-state index contributed by atoms with van der Waals surface area (Å²) in [7, 11) is -3.26. The normalized spacial score (nSPS) is 17.5. The maximum Gasteiger partial charge on any atom is 0.177 e. The van der Waals surface area contributed by atoms with Gasteiger partial charge in [0.25, 0.3) is 0 Å². The topological polar surface area (TPSA) is 63.4 Å². The zero-order chi connectivity index (χ0) is 13.2. The fourth-order valence-electron chi connectivity index (χ4n) is 2.44. The van der Waals surface area contributed by atoms with E-state index in [4.69, 9.17) is 5.73 Å². The third kappa shape index (κ3) is 2.77. The summed E-state index contributed by atoms with van der Waals surface area (Å²) in [5, 5.41) is 0. The molecule has 0 spiro atoms. The predicted octanol–water partition coefficient (Wildman–Crippen LogP) is 2.05. The van der Waals surface area contributed by atoms with Gasteiger partial charge in [0.15, 0.2) is 9.84 Å². The van der Waals surface area contributed by atoms with Crippen LogP contribution in [0.1, 0.15) is 25.7 Å². The number of benzene rings is 1. The minimum absolute atomic E-state index is 0.240. The summed E-state index contributed by atoms with van der Waals surface area (Å²) in [4.78, 5) is 2.45. The molecule has 0 atom stereocenters. The third-order valence-corrected chi connectivity index (χ3v) is 4.54.